The molecule has 4 aromatic rings. The number of fused-ring (bicyclic) bond motifs is 1. The fraction of sp³-hybridized carbons (Fsp3) is 0.375. The van der Waals surface area contributed by atoms with Crippen LogP contribution in [0.4, 0.5) is 5.69 Å². The molecule has 38 heavy (non-hydrogen) atoms. The molecule has 6 heteroatoms. The maximum absolute atomic E-state index is 12.7. The van der Waals surface area contributed by atoms with Crippen molar-refractivity contribution in [2.75, 3.05) is 11.1 Å². The van der Waals surface area contributed by atoms with E-state index >= 15 is 0 Å². The van der Waals surface area contributed by atoms with Crippen molar-refractivity contribution >= 4 is 34.5 Å². The van der Waals surface area contributed by atoms with E-state index in [4.69, 9.17) is 9.15 Å². The van der Waals surface area contributed by atoms with E-state index in [1.807, 2.05) is 48.5 Å². The number of nitrogens with one attached hydrogen (secondary N) is 1. The third kappa shape index (κ3) is 7.64. The lowest BCUT2D eigenvalue weighted by atomic mass is 9.92. The van der Waals surface area contributed by atoms with E-state index in [-0.39, 0.29) is 5.91 Å². The summed E-state index contributed by atoms with van der Waals surface area (Å²) < 4.78 is 11.8. The Morgan fingerprint density at radius 2 is 1.66 bits per heavy atom. The number of anilines is 1. The summed E-state index contributed by atoms with van der Waals surface area (Å²) in [4.78, 5) is 17.3. The summed E-state index contributed by atoms with van der Waals surface area (Å²) in [6.45, 7) is 9.20. The second-order valence-electron chi connectivity index (χ2n) is 10.2. The van der Waals surface area contributed by atoms with Gasteiger partial charge in [0.25, 0.3) is 5.22 Å². The molecule has 1 heterocycles. The molecule has 0 aliphatic heterocycles. The summed E-state index contributed by atoms with van der Waals surface area (Å²) in [5, 5.41) is 3.89. The quantitative estimate of drug-likeness (QED) is 0.138. The largest absolute Gasteiger partial charge is 0.489 e. The minimum Gasteiger partial charge on any atom is -0.489 e. The van der Waals surface area contributed by atoms with Crippen LogP contribution in [-0.2, 0) is 11.4 Å². The van der Waals surface area contributed by atoms with Crippen molar-refractivity contribution in [2.45, 2.75) is 77.0 Å². The summed E-state index contributed by atoms with van der Waals surface area (Å²) in [7, 11) is 0. The van der Waals surface area contributed by atoms with Crippen LogP contribution in [-0.4, -0.2) is 16.6 Å². The molecule has 0 saturated heterocycles. The van der Waals surface area contributed by atoms with Crippen LogP contribution >= 0.6 is 11.8 Å². The molecule has 0 fully saturated rings. The van der Waals surface area contributed by atoms with Crippen LogP contribution in [0.3, 0.4) is 0 Å². The van der Waals surface area contributed by atoms with Crippen molar-refractivity contribution < 1.29 is 13.9 Å². The maximum atomic E-state index is 12.7. The topological polar surface area (TPSA) is 64.4 Å². The normalized spacial score (nSPS) is 11.4. The van der Waals surface area contributed by atoms with Crippen molar-refractivity contribution in [3.05, 3.63) is 83.4 Å². The molecule has 0 aliphatic carbocycles. The number of benzene rings is 3. The highest BCUT2D eigenvalue weighted by Crippen LogP contribution is 2.33. The Bertz CT molecular complexity index is 1310. The van der Waals surface area contributed by atoms with Gasteiger partial charge < -0.3 is 14.5 Å². The Morgan fingerprint density at radius 3 is 2.37 bits per heavy atom. The van der Waals surface area contributed by atoms with Gasteiger partial charge in [-0.25, -0.2) is 4.98 Å². The van der Waals surface area contributed by atoms with E-state index in [0.29, 0.717) is 30.1 Å². The first kappa shape index (κ1) is 27.8. The van der Waals surface area contributed by atoms with Gasteiger partial charge in [-0.3, -0.25) is 4.79 Å². The van der Waals surface area contributed by atoms with Crippen LogP contribution in [0, 0.1) is 0 Å². The highest BCUT2D eigenvalue weighted by atomic mass is 32.2. The standard InChI is InChI=1S/C32H38N2O3S/c1-22(2)26-14-11-15-27(23(3)4)31(26)34-30(35)16-9-6-10-19-38-32-33-28-20-25(17-18-29(28)37-32)36-21-24-12-7-5-8-13-24/h5,7-8,11-15,17-18,20,22-23H,6,9-10,16,19,21H2,1-4H3,(H,34,35). The fourth-order valence-corrected chi connectivity index (χ4v) is 5.23. The van der Waals surface area contributed by atoms with Crippen molar-refractivity contribution in [2.24, 2.45) is 0 Å². The van der Waals surface area contributed by atoms with Crippen molar-refractivity contribution in [1.82, 2.24) is 4.98 Å². The molecule has 0 radical (unpaired) electrons. The molecule has 5 nitrogen and oxygen atoms in total. The molecule has 3 aromatic carbocycles. The van der Waals surface area contributed by atoms with Crippen molar-refractivity contribution in [1.29, 1.82) is 0 Å². The van der Waals surface area contributed by atoms with E-state index in [1.165, 1.54) is 11.1 Å². The highest BCUT2D eigenvalue weighted by Gasteiger charge is 2.16. The lowest BCUT2D eigenvalue weighted by Gasteiger charge is -2.20. The molecule has 0 spiro atoms. The zero-order valence-electron chi connectivity index (χ0n) is 22.8. The zero-order chi connectivity index (χ0) is 26.9. The second kappa shape index (κ2) is 13.5. The minimum absolute atomic E-state index is 0.0943. The average Bonchev–Trinajstić information content (AvgIpc) is 3.32. The van der Waals surface area contributed by atoms with E-state index in [9.17, 15) is 4.79 Å². The van der Waals surface area contributed by atoms with Gasteiger partial charge >= 0.3 is 0 Å². The SMILES string of the molecule is CC(C)c1cccc(C(C)C)c1NC(=O)CCCCCSc1nc2cc(OCc3ccccc3)ccc2o1. The van der Waals surface area contributed by atoms with E-state index in [1.54, 1.807) is 11.8 Å². The number of unbranched alkanes of at least 4 members (excludes halogenated alkanes) is 2. The smallest absolute Gasteiger partial charge is 0.256 e. The molecule has 1 aromatic heterocycles. The van der Waals surface area contributed by atoms with Gasteiger partial charge in [0, 0.05) is 23.9 Å². The van der Waals surface area contributed by atoms with Crippen LogP contribution in [0.5, 0.6) is 5.75 Å². The Balaban J connectivity index is 1.20. The Kier molecular flexibility index (Phi) is 9.88. The summed E-state index contributed by atoms with van der Waals surface area (Å²) >= 11 is 1.61. The predicted molar refractivity (Wildman–Crippen MR) is 157 cm³/mol. The number of hydrogen-bond donors (Lipinski definition) is 1. The first-order valence-electron chi connectivity index (χ1n) is 13.5. The zero-order valence-corrected chi connectivity index (χ0v) is 23.6. The van der Waals surface area contributed by atoms with Gasteiger partial charge in [0.15, 0.2) is 5.58 Å². The van der Waals surface area contributed by atoms with Gasteiger partial charge in [0.2, 0.25) is 5.91 Å². The van der Waals surface area contributed by atoms with Crippen LogP contribution in [0.25, 0.3) is 11.1 Å². The monoisotopic (exact) mass is 530 g/mol. The van der Waals surface area contributed by atoms with Gasteiger partial charge in [-0.05, 0) is 53.5 Å². The molecule has 0 bridgehead atoms. The molecule has 200 valence electrons. The molecule has 0 aliphatic rings. The lowest BCUT2D eigenvalue weighted by Crippen LogP contribution is -2.15. The molecule has 0 saturated carbocycles. The average molecular weight is 531 g/mol. The van der Waals surface area contributed by atoms with Crippen LogP contribution in [0.1, 0.15) is 81.9 Å². The number of nitrogens with zero attached hydrogens (tertiary/aromatic N) is 1. The first-order chi connectivity index (χ1) is 18.4. The third-order valence-corrected chi connectivity index (χ3v) is 7.41. The number of ether oxygens (including phenoxy) is 1. The Morgan fingerprint density at radius 1 is 0.921 bits per heavy atom. The third-order valence-electron chi connectivity index (χ3n) is 6.50. The molecule has 0 atom stereocenters. The van der Waals surface area contributed by atoms with Gasteiger partial charge in [0.05, 0.1) is 0 Å². The van der Waals surface area contributed by atoms with Gasteiger partial charge in [-0.2, -0.15) is 0 Å². The lowest BCUT2D eigenvalue weighted by molar-refractivity contribution is -0.116. The Hall–Kier alpha value is -3.25. The number of oxazole rings is 1. The summed E-state index contributed by atoms with van der Waals surface area (Å²) in [5.74, 6) is 2.50. The van der Waals surface area contributed by atoms with Gasteiger partial charge in [-0.1, -0.05) is 94.4 Å². The second-order valence-corrected chi connectivity index (χ2v) is 11.3. The summed E-state index contributed by atoms with van der Waals surface area (Å²) in [6, 6.07) is 22.2. The maximum Gasteiger partial charge on any atom is 0.256 e. The molecular weight excluding hydrogens is 492 g/mol. The van der Waals surface area contributed by atoms with Crippen molar-refractivity contribution in [3.63, 3.8) is 0 Å². The van der Waals surface area contributed by atoms with Crippen LogP contribution in [0.2, 0.25) is 0 Å². The molecule has 4 rings (SSSR count). The summed E-state index contributed by atoms with van der Waals surface area (Å²) in [6.07, 6.45) is 3.38. The number of carbonyl (C=O) groups is 1. The van der Waals surface area contributed by atoms with Crippen LogP contribution in [0.15, 0.2) is 76.4 Å². The van der Waals surface area contributed by atoms with Gasteiger partial charge in [-0.15, -0.1) is 0 Å². The van der Waals surface area contributed by atoms with Gasteiger partial charge in [0.1, 0.15) is 17.9 Å². The number of rotatable bonds is 13. The van der Waals surface area contributed by atoms with Crippen LogP contribution < -0.4 is 10.1 Å². The number of thioether (sulfide) groups is 1. The molecule has 0 unspecified atom stereocenters. The number of amides is 1. The number of hydrogen-bond acceptors (Lipinski definition) is 5. The summed E-state index contributed by atoms with van der Waals surface area (Å²) in [5.41, 5.74) is 6.10. The number of carbonyl (C=O) groups excluding carboxylic acids is 1. The number of para-hydroxylation sites is 1. The fourth-order valence-electron chi connectivity index (χ4n) is 4.40. The minimum atomic E-state index is 0.0943. The Labute approximate surface area is 230 Å². The molecule has 1 N–H and O–H groups in total. The van der Waals surface area contributed by atoms with E-state index in [0.717, 1.165) is 53.1 Å². The van der Waals surface area contributed by atoms with E-state index in [2.05, 4.69) is 56.2 Å². The first-order valence-corrected chi connectivity index (χ1v) is 14.5. The molecular formula is C32H38N2O3S. The molecule has 1 amide bonds. The number of aromatic nitrogens is 1. The highest BCUT2D eigenvalue weighted by molar-refractivity contribution is 7.99. The van der Waals surface area contributed by atoms with E-state index < -0.39 is 0 Å². The predicted octanol–water partition coefficient (Wildman–Crippen LogP) is 8.94. The van der Waals surface area contributed by atoms with Crippen molar-refractivity contribution in [3.8, 4) is 5.75 Å².